The van der Waals surface area contributed by atoms with Crippen LogP contribution in [0.25, 0.3) is 10.9 Å². The standard InChI is InChI=1S/C12H12N2O3/c1-16-11(15)7-17-10-5-4-9(13)12-8(10)3-2-6-14-12/h2-6H,7,13H2,1H3. The average molecular weight is 232 g/mol. The SMILES string of the molecule is COC(=O)COc1ccc(N)c2ncccc12. The highest BCUT2D eigenvalue weighted by molar-refractivity contribution is 5.93. The van der Waals surface area contributed by atoms with Crippen molar-refractivity contribution in [2.24, 2.45) is 0 Å². The Balaban J connectivity index is 2.35. The molecule has 0 spiro atoms. The predicted octanol–water partition coefficient (Wildman–Crippen LogP) is 1.37. The van der Waals surface area contributed by atoms with E-state index in [9.17, 15) is 4.79 Å². The van der Waals surface area contributed by atoms with E-state index in [0.717, 1.165) is 5.39 Å². The summed E-state index contributed by atoms with van der Waals surface area (Å²) >= 11 is 0. The summed E-state index contributed by atoms with van der Waals surface area (Å²) in [6.07, 6.45) is 1.66. The summed E-state index contributed by atoms with van der Waals surface area (Å²) < 4.78 is 9.86. The lowest BCUT2D eigenvalue weighted by atomic mass is 10.2. The lowest BCUT2D eigenvalue weighted by Crippen LogP contribution is -2.12. The molecule has 0 amide bonds. The van der Waals surface area contributed by atoms with E-state index in [1.807, 2.05) is 6.07 Å². The molecule has 0 aliphatic rings. The lowest BCUT2D eigenvalue weighted by Gasteiger charge is -2.09. The van der Waals surface area contributed by atoms with E-state index in [1.54, 1.807) is 24.4 Å². The third-order valence-corrected chi connectivity index (χ3v) is 2.33. The van der Waals surface area contributed by atoms with E-state index in [1.165, 1.54) is 7.11 Å². The Morgan fingerprint density at radius 1 is 1.41 bits per heavy atom. The van der Waals surface area contributed by atoms with Crippen LogP contribution in [0.4, 0.5) is 5.69 Å². The molecule has 5 nitrogen and oxygen atoms in total. The van der Waals surface area contributed by atoms with Crippen molar-refractivity contribution in [3.8, 4) is 5.75 Å². The number of benzene rings is 1. The van der Waals surface area contributed by atoms with Crippen molar-refractivity contribution in [3.63, 3.8) is 0 Å². The Kier molecular flexibility index (Phi) is 3.09. The molecule has 88 valence electrons. The van der Waals surface area contributed by atoms with Gasteiger partial charge in [0.2, 0.25) is 0 Å². The minimum atomic E-state index is -0.432. The molecule has 2 aromatic rings. The number of ether oxygens (including phenoxy) is 2. The minimum Gasteiger partial charge on any atom is -0.481 e. The summed E-state index contributed by atoms with van der Waals surface area (Å²) in [5.41, 5.74) is 7.03. The number of pyridine rings is 1. The van der Waals surface area contributed by atoms with Crippen molar-refractivity contribution < 1.29 is 14.3 Å². The molecule has 5 heteroatoms. The number of nitrogen functional groups attached to an aromatic ring is 1. The molecule has 0 unspecified atom stereocenters. The number of hydrogen-bond donors (Lipinski definition) is 1. The Labute approximate surface area is 98.2 Å². The van der Waals surface area contributed by atoms with Crippen LogP contribution in [0.5, 0.6) is 5.75 Å². The molecule has 0 aliphatic carbocycles. The van der Waals surface area contributed by atoms with Crippen molar-refractivity contribution in [1.82, 2.24) is 4.98 Å². The highest BCUT2D eigenvalue weighted by Gasteiger charge is 2.07. The molecule has 1 heterocycles. The first-order valence-electron chi connectivity index (χ1n) is 5.05. The minimum absolute atomic E-state index is 0.135. The molecule has 17 heavy (non-hydrogen) atoms. The molecule has 2 N–H and O–H groups in total. The normalized spacial score (nSPS) is 10.2. The van der Waals surface area contributed by atoms with Crippen LogP contribution in [-0.2, 0) is 9.53 Å². The smallest absolute Gasteiger partial charge is 0.343 e. The number of rotatable bonds is 3. The largest absolute Gasteiger partial charge is 0.481 e. The molecule has 1 aromatic carbocycles. The van der Waals surface area contributed by atoms with Gasteiger partial charge in [0.25, 0.3) is 0 Å². The van der Waals surface area contributed by atoms with Gasteiger partial charge in [-0.05, 0) is 24.3 Å². The van der Waals surface area contributed by atoms with Gasteiger partial charge in [0.15, 0.2) is 6.61 Å². The molecule has 0 radical (unpaired) electrons. The Hall–Kier alpha value is -2.30. The van der Waals surface area contributed by atoms with Crippen molar-refractivity contribution in [2.45, 2.75) is 0 Å². The maximum atomic E-state index is 11.0. The first-order valence-corrected chi connectivity index (χ1v) is 5.05. The van der Waals surface area contributed by atoms with E-state index in [0.29, 0.717) is 17.0 Å². The van der Waals surface area contributed by atoms with Gasteiger partial charge in [-0.25, -0.2) is 4.79 Å². The Morgan fingerprint density at radius 2 is 2.24 bits per heavy atom. The summed E-state index contributed by atoms with van der Waals surface area (Å²) in [6.45, 7) is -0.135. The monoisotopic (exact) mass is 232 g/mol. The number of nitrogens with zero attached hydrogens (tertiary/aromatic N) is 1. The molecule has 2 rings (SSSR count). The maximum Gasteiger partial charge on any atom is 0.343 e. The second-order valence-electron chi connectivity index (χ2n) is 3.42. The molecular formula is C12H12N2O3. The summed E-state index contributed by atoms with van der Waals surface area (Å²) in [5, 5.41) is 0.774. The van der Waals surface area contributed by atoms with Crippen molar-refractivity contribution in [3.05, 3.63) is 30.5 Å². The Bertz CT molecular complexity index is 554. The molecule has 0 atom stereocenters. The first kappa shape index (κ1) is 11.2. The molecule has 0 bridgehead atoms. The van der Waals surface area contributed by atoms with Gasteiger partial charge in [0, 0.05) is 11.6 Å². The molecule has 0 saturated heterocycles. The highest BCUT2D eigenvalue weighted by Crippen LogP contribution is 2.28. The van der Waals surface area contributed by atoms with Crippen molar-refractivity contribution in [1.29, 1.82) is 0 Å². The second-order valence-corrected chi connectivity index (χ2v) is 3.42. The second kappa shape index (κ2) is 4.69. The van der Waals surface area contributed by atoms with Crippen molar-refractivity contribution in [2.75, 3.05) is 19.5 Å². The number of nitrogens with two attached hydrogens (primary N) is 1. The van der Waals surface area contributed by atoms with Gasteiger partial charge < -0.3 is 15.2 Å². The van der Waals surface area contributed by atoms with Crippen LogP contribution in [0.1, 0.15) is 0 Å². The van der Waals surface area contributed by atoms with Crippen molar-refractivity contribution >= 4 is 22.6 Å². The topological polar surface area (TPSA) is 74.4 Å². The van der Waals surface area contributed by atoms with Gasteiger partial charge in [0.1, 0.15) is 5.75 Å². The van der Waals surface area contributed by atoms with E-state index >= 15 is 0 Å². The summed E-state index contributed by atoms with van der Waals surface area (Å²) in [7, 11) is 1.31. The number of aromatic nitrogens is 1. The van der Waals surface area contributed by atoms with Gasteiger partial charge in [-0.1, -0.05) is 0 Å². The van der Waals surface area contributed by atoms with Gasteiger partial charge in [-0.2, -0.15) is 0 Å². The van der Waals surface area contributed by atoms with Gasteiger partial charge >= 0.3 is 5.97 Å². The Morgan fingerprint density at radius 3 is 3.00 bits per heavy atom. The number of carbonyl (C=O) groups is 1. The third kappa shape index (κ3) is 2.28. The highest BCUT2D eigenvalue weighted by atomic mass is 16.6. The van der Waals surface area contributed by atoms with Crippen LogP contribution >= 0.6 is 0 Å². The van der Waals surface area contributed by atoms with Gasteiger partial charge in [0.05, 0.1) is 18.3 Å². The van der Waals surface area contributed by atoms with Crippen LogP contribution in [-0.4, -0.2) is 24.7 Å². The van der Waals surface area contributed by atoms with Gasteiger partial charge in [-0.15, -0.1) is 0 Å². The van der Waals surface area contributed by atoms with E-state index in [-0.39, 0.29) is 6.61 Å². The summed E-state index contributed by atoms with van der Waals surface area (Å²) in [6, 6.07) is 7.03. The molecule has 0 saturated carbocycles. The fourth-order valence-corrected chi connectivity index (χ4v) is 1.49. The van der Waals surface area contributed by atoms with Crippen LogP contribution < -0.4 is 10.5 Å². The molecular weight excluding hydrogens is 220 g/mol. The number of carbonyl (C=O) groups excluding carboxylic acids is 1. The number of methoxy groups -OCH3 is 1. The number of fused-ring (bicyclic) bond motifs is 1. The predicted molar refractivity (Wildman–Crippen MR) is 63.7 cm³/mol. The molecule has 0 fully saturated rings. The molecule has 0 aliphatic heterocycles. The van der Waals surface area contributed by atoms with Crippen LogP contribution in [0.15, 0.2) is 30.5 Å². The van der Waals surface area contributed by atoms with Crippen LogP contribution in [0.3, 0.4) is 0 Å². The summed E-state index contributed by atoms with van der Waals surface area (Å²) in [4.78, 5) is 15.2. The number of anilines is 1. The van der Waals surface area contributed by atoms with E-state index in [2.05, 4.69) is 9.72 Å². The third-order valence-electron chi connectivity index (χ3n) is 2.33. The van der Waals surface area contributed by atoms with E-state index < -0.39 is 5.97 Å². The van der Waals surface area contributed by atoms with E-state index in [4.69, 9.17) is 10.5 Å². The fraction of sp³-hybridized carbons (Fsp3) is 0.167. The number of hydrogen-bond acceptors (Lipinski definition) is 5. The fourth-order valence-electron chi connectivity index (χ4n) is 1.49. The molecule has 1 aromatic heterocycles. The summed E-state index contributed by atoms with van der Waals surface area (Å²) in [5.74, 6) is 0.131. The lowest BCUT2D eigenvalue weighted by molar-refractivity contribution is -0.142. The first-order chi connectivity index (χ1) is 8.22. The zero-order chi connectivity index (χ0) is 12.3. The van der Waals surface area contributed by atoms with Crippen LogP contribution in [0.2, 0.25) is 0 Å². The van der Waals surface area contributed by atoms with Crippen LogP contribution in [0, 0.1) is 0 Å². The zero-order valence-corrected chi connectivity index (χ0v) is 9.34. The number of esters is 1. The average Bonchev–Trinajstić information content (AvgIpc) is 2.38. The van der Waals surface area contributed by atoms with Gasteiger partial charge in [-0.3, -0.25) is 4.98 Å². The quantitative estimate of drug-likeness (QED) is 0.639. The maximum absolute atomic E-state index is 11.0. The zero-order valence-electron chi connectivity index (χ0n) is 9.34.